The van der Waals surface area contributed by atoms with Gasteiger partial charge in [0.2, 0.25) is 0 Å². The Morgan fingerprint density at radius 1 is 1.22 bits per heavy atom. The van der Waals surface area contributed by atoms with Gasteiger partial charge in [-0.25, -0.2) is 4.98 Å². The molecule has 27 heavy (non-hydrogen) atoms. The maximum atomic E-state index is 12.3. The van der Waals surface area contributed by atoms with E-state index in [1.165, 1.54) is 0 Å². The lowest BCUT2D eigenvalue weighted by atomic mass is 10.1. The first kappa shape index (κ1) is 18.3. The standard InChI is InChI=1S/C21H21N3O3/c1-15-8-9-20(26-3)18(12-15)23-21(25)13-27-19-7-5-4-6-17(19)16(2)24-11-10-22-14-24/h4-12,14H,2,13H2,1,3H3,(H,23,25). The van der Waals surface area contributed by atoms with Crippen molar-refractivity contribution in [2.24, 2.45) is 0 Å². The van der Waals surface area contributed by atoms with Gasteiger partial charge in [-0.05, 0) is 36.8 Å². The van der Waals surface area contributed by atoms with Crippen LogP contribution in [0.2, 0.25) is 0 Å². The van der Waals surface area contributed by atoms with E-state index in [-0.39, 0.29) is 12.5 Å². The first-order valence-electron chi connectivity index (χ1n) is 8.42. The summed E-state index contributed by atoms with van der Waals surface area (Å²) in [7, 11) is 1.56. The van der Waals surface area contributed by atoms with Gasteiger partial charge in [-0.15, -0.1) is 0 Å². The number of imidazole rings is 1. The molecule has 3 rings (SSSR count). The highest BCUT2D eigenvalue weighted by atomic mass is 16.5. The molecule has 0 radical (unpaired) electrons. The second-order valence-corrected chi connectivity index (χ2v) is 5.95. The maximum Gasteiger partial charge on any atom is 0.262 e. The summed E-state index contributed by atoms with van der Waals surface area (Å²) in [6.45, 7) is 5.90. The van der Waals surface area contributed by atoms with Crippen LogP contribution in [0.25, 0.3) is 5.70 Å². The van der Waals surface area contributed by atoms with E-state index in [9.17, 15) is 4.79 Å². The second kappa shape index (κ2) is 8.23. The molecule has 0 aliphatic rings. The number of methoxy groups -OCH3 is 1. The Morgan fingerprint density at radius 3 is 2.78 bits per heavy atom. The van der Waals surface area contributed by atoms with Crippen molar-refractivity contribution in [2.45, 2.75) is 6.92 Å². The van der Waals surface area contributed by atoms with Crippen LogP contribution in [0.3, 0.4) is 0 Å². The fourth-order valence-electron chi connectivity index (χ4n) is 2.64. The SMILES string of the molecule is C=C(c1ccccc1OCC(=O)Nc1cc(C)ccc1OC)n1ccnc1. The van der Waals surface area contributed by atoms with Crippen LogP contribution in [-0.2, 0) is 4.79 Å². The van der Waals surface area contributed by atoms with Crippen molar-refractivity contribution in [3.8, 4) is 11.5 Å². The molecule has 0 aliphatic carbocycles. The summed E-state index contributed by atoms with van der Waals surface area (Å²) in [5.74, 6) is 0.896. The summed E-state index contributed by atoms with van der Waals surface area (Å²) in [6.07, 6.45) is 5.14. The minimum absolute atomic E-state index is 0.134. The van der Waals surface area contributed by atoms with E-state index in [2.05, 4.69) is 16.9 Å². The van der Waals surface area contributed by atoms with E-state index in [1.54, 1.807) is 36.5 Å². The number of hydrogen-bond acceptors (Lipinski definition) is 4. The number of nitrogens with zero attached hydrogens (tertiary/aromatic N) is 2. The van der Waals surface area contributed by atoms with Gasteiger partial charge >= 0.3 is 0 Å². The van der Waals surface area contributed by atoms with E-state index in [0.717, 1.165) is 11.1 Å². The van der Waals surface area contributed by atoms with Gasteiger partial charge in [-0.2, -0.15) is 0 Å². The number of aryl methyl sites for hydroxylation is 1. The van der Waals surface area contributed by atoms with Gasteiger partial charge in [-0.1, -0.05) is 24.8 Å². The quantitative estimate of drug-likeness (QED) is 0.694. The normalized spacial score (nSPS) is 10.3. The van der Waals surface area contributed by atoms with Gasteiger partial charge < -0.3 is 19.4 Å². The molecule has 0 bridgehead atoms. The van der Waals surface area contributed by atoms with Crippen molar-refractivity contribution in [1.82, 2.24) is 9.55 Å². The molecule has 0 saturated heterocycles. The molecule has 1 amide bonds. The third-order valence-corrected chi connectivity index (χ3v) is 4.00. The van der Waals surface area contributed by atoms with E-state index in [4.69, 9.17) is 9.47 Å². The minimum Gasteiger partial charge on any atom is -0.495 e. The lowest BCUT2D eigenvalue weighted by molar-refractivity contribution is -0.118. The predicted octanol–water partition coefficient (Wildman–Crippen LogP) is 3.74. The second-order valence-electron chi connectivity index (χ2n) is 5.95. The van der Waals surface area contributed by atoms with Crippen molar-refractivity contribution >= 4 is 17.3 Å². The molecule has 0 spiro atoms. The molecule has 1 N–H and O–H groups in total. The number of aromatic nitrogens is 2. The van der Waals surface area contributed by atoms with Gasteiger partial charge in [-0.3, -0.25) is 4.79 Å². The summed E-state index contributed by atoms with van der Waals surface area (Å²) < 4.78 is 12.8. The van der Waals surface area contributed by atoms with Crippen LogP contribution in [0.15, 0.2) is 67.8 Å². The number of rotatable bonds is 7. The van der Waals surface area contributed by atoms with Crippen LogP contribution in [0.1, 0.15) is 11.1 Å². The molecule has 0 atom stereocenters. The molecule has 138 valence electrons. The van der Waals surface area contributed by atoms with E-state index >= 15 is 0 Å². The monoisotopic (exact) mass is 363 g/mol. The van der Waals surface area contributed by atoms with Crippen molar-refractivity contribution in [2.75, 3.05) is 19.0 Å². The first-order valence-corrected chi connectivity index (χ1v) is 8.42. The Labute approximate surface area is 158 Å². The first-order chi connectivity index (χ1) is 13.1. The van der Waals surface area contributed by atoms with Crippen LogP contribution in [0, 0.1) is 6.92 Å². The number of benzene rings is 2. The fraction of sp³-hybridized carbons (Fsp3) is 0.143. The highest BCUT2D eigenvalue weighted by molar-refractivity contribution is 5.93. The van der Waals surface area contributed by atoms with E-state index < -0.39 is 0 Å². The van der Waals surface area contributed by atoms with Crippen molar-refractivity contribution in [3.63, 3.8) is 0 Å². The summed E-state index contributed by atoms with van der Waals surface area (Å²) in [5, 5.41) is 2.82. The Kier molecular flexibility index (Phi) is 5.56. The van der Waals surface area contributed by atoms with E-state index in [1.807, 2.05) is 43.3 Å². The number of hydrogen-bond donors (Lipinski definition) is 1. The van der Waals surface area contributed by atoms with Crippen LogP contribution in [0.4, 0.5) is 5.69 Å². The molecule has 6 heteroatoms. The number of carbonyl (C=O) groups is 1. The van der Waals surface area contributed by atoms with Gasteiger partial charge in [0.05, 0.1) is 24.8 Å². The van der Waals surface area contributed by atoms with Gasteiger partial charge in [0.15, 0.2) is 6.61 Å². The largest absolute Gasteiger partial charge is 0.495 e. The number of nitrogens with one attached hydrogen (secondary N) is 1. The minimum atomic E-state index is -0.276. The third-order valence-electron chi connectivity index (χ3n) is 4.00. The summed E-state index contributed by atoms with van der Waals surface area (Å²) in [6, 6.07) is 13.0. The molecule has 0 saturated carbocycles. The number of carbonyl (C=O) groups excluding carboxylic acids is 1. The zero-order chi connectivity index (χ0) is 19.2. The van der Waals surface area contributed by atoms with Crippen LogP contribution < -0.4 is 14.8 Å². The number of anilines is 1. The molecule has 0 fully saturated rings. The summed E-state index contributed by atoms with van der Waals surface area (Å²) in [5.41, 5.74) is 3.14. The van der Waals surface area contributed by atoms with Crippen molar-refractivity contribution in [3.05, 3.63) is 78.9 Å². The fourth-order valence-corrected chi connectivity index (χ4v) is 2.64. The smallest absolute Gasteiger partial charge is 0.262 e. The molecule has 1 heterocycles. The number of amides is 1. The molecule has 0 unspecified atom stereocenters. The van der Waals surface area contributed by atoms with E-state index in [0.29, 0.717) is 22.9 Å². The third kappa shape index (κ3) is 4.36. The van der Waals surface area contributed by atoms with Gasteiger partial charge in [0, 0.05) is 18.0 Å². The van der Waals surface area contributed by atoms with Crippen molar-refractivity contribution in [1.29, 1.82) is 0 Å². The molecule has 6 nitrogen and oxygen atoms in total. The predicted molar refractivity (Wildman–Crippen MR) is 105 cm³/mol. The zero-order valence-electron chi connectivity index (χ0n) is 15.3. The molecule has 1 aromatic heterocycles. The Morgan fingerprint density at radius 2 is 2.04 bits per heavy atom. The zero-order valence-corrected chi connectivity index (χ0v) is 15.3. The topological polar surface area (TPSA) is 65.4 Å². The number of ether oxygens (including phenoxy) is 2. The highest BCUT2D eigenvalue weighted by Gasteiger charge is 2.12. The molecular formula is C21H21N3O3. The lowest BCUT2D eigenvalue weighted by Crippen LogP contribution is -2.21. The molecule has 0 aliphatic heterocycles. The highest BCUT2D eigenvalue weighted by Crippen LogP contribution is 2.27. The summed E-state index contributed by atoms with van der Waals surface area (Å²) >= 11 is 0. The van der Waals surface area contributed by atoms with Gasteiger partial charge in [0.1, 0.15) is 11.5 Å². The van der Waals surface area contributed by atoms with Crippen molar-refractivity contribution < 1.29 is 14.3 Å². The lowest BCUT2D eigenvalue weighted by Gasteiger charge is -2.14. The average molecular weight is 363 g/mol. The van der Waals surface area contributed by atoms with Crippen LogP contribution in [0.5, 0.6) is 11.5 Å². The Bertz CT molecular complexity index is 949. The molecular weight excluding hydrogens is 342 g/mol. The van der Waals surface area contributed by atoms with Gasteiger partial charge in [0.25, 0.3) is 5.91 Å². The maximum absolute atomic E-state index is 12.3. The Balaban J connectivity index is 1.70. The van der Waals surface area contributed by atoms with Crippen LogP contribution in [-0.4, -0.2) is 29.2 Å². The average Bonchev–Trinajstić information content (AvgIpc) is 3.21. The molecule has 3 aromatic rings. The Hall–Kier alpha value is -3.54. The van der Waals surface area contributed by atoms with Crippen LogP contribution >= 0.6 is 0 Å². The number of para-hydroxylation sites is 1. The summed E-state index contributed by atoms with van der Waals surface area (Å²) in [4.78, 5) is 16.4. The molecule has 2 aromatic carbocycles.